The quantitative estimate of drug-likeness (QED) is 0.564. The Morgan fingerprint density at radius 3 is 2.66 bits per heavy atom. The van der Waals surface area contributed by atoms with Crippen molar-refractivity contribution >= 4 is 28.6 Å². The first-order chi connectivity index (χ1) is 13.8. The van der Waals surface area contributed by atoms with Crippen LogP contribution in [-0.2, 0) is 6.18 Å². The molecule has 0 fully saturated rings. The molecule has 1 N–H and O–H groups in total. The Labute approximate surface area is 162 Å². The van der Waals surface area contributed by atoms with Crippen molar-refractivity contribution in [3.05, 3.63) is 80.8 Å². The van der Waals surface area contributed by atoms with E-state index in [0.717, 1.165) is 12.1 Å². The van der Waals surface area contributed by atoms with Crippen molar-refractivity contribution in [2.75, 3.05) is 5.32 Å². The normalized spacial score (nSPS) is 12.4. The van der Waals surface area contributed by atoms with Gasteiger partial charge in [0.25, 0.3) is 5.56 Å². The zero-order valence-electron chi connectivity index (χ0n) is 15.1. The van der Waals surface area contributed by atoms with Crippen LogP contribution in [0.25, 0.3) is 22.9 Å². The van der Waals surface area contributed by atoms with Gasteiger partial charge in [0.2, 0.25) is 0 Å². The number of hydrogen-bond donors (Lipinski definition) is 1. The van der Waals surface area contributed by atoms with Crippen LogP contribution in [0.15, 0.2) is 53.3 Å². The van der Waals surface area contributed by atoms with Crippen LogP contribution < -0.4 is 16.1 Å². The summed E-state index contributed by atoms with van der Waals surface area (Å²) in [6.07, 6.45) is -3.15. The van der Waals surface area contributed by atoms with Crippen LogP contribution in [0, 0.1) is 18.3 Å². The Bertz CT molecular complexity index is 1410. The molecule has 0 amide bonds. The highest BCUT2D eigenvalue weighted by atomic mass is 19.4. The van der Waals surface area contributed by atoms with Crippen molar-refractivity contribution in [3.8, 4) is 6.07 Å². The van der Waals surface area contributed by atoms with E-state index in [9.17, 15) is 23.2 Å². The first kappa shape index (κ1) is 18.5. The minimum atomic E-state index is -4.47. The molecule has 0 bridgehead atoms. The van der Waals surface area contributed by atoms with E-state index in [-0.39, 0.29) is 22.1 Å². The molecule has 0 aliphatic rings. The molecule has 8 heteroatoms. The van der Waals surface area contributed by atoms with E-state index in [1.165, 1.54) is 22.7 Å². The molecule has 0 spiro atoms. The highest BCUT2D eigenvalue weighted by Crippen LogP contribution is 2.30. The van der Waals surface area contributed by atoms with Crippen LogP contribution in [-0.4, -0.2) is 9.38 Å². The Morgan fingerprint density at radius 2 is 1.93 bits per heavy atom. The summed E-state index contributed by atoms with van der Waals surface area (Å²) < 4.78 is 40.1. The van der Waals surface area contributed by atoms with E-state index in [1.54, 1.807) is 31.2 Å². The van der Waals surface area contributed by atoms with Crippen molar-refractivity contribution in [3.63, 3.8) is 0 Å². The lowest BCUT2D eigenvalue weighted by Gasteiger charge is -2.09. The Hall–Kier alpha value is -3.86. The number of alkyl halides is 3. The first-order valence-electron chi connectivity index (χ1n) is 8.59. The third-order valence-electron chi connectivity index (χ3n) is 4.68. The third kappa shape index (κ3) is 3.06. The summed E-state index contributed by atoms with van der Waals surface area (Å²) in [4.78, 5) is 17.5. The number of para-hydroxylation sites is 2. The van der Waals surface area contributed by atoms with Gasteiger partial charge in [-0.2, -0.15) is 18.4 Å². The maximum atomic E-state index is 13.1. The average molecular weight is 394 g/mol. The number of aromatic nitrogens is 2. The molecular weight excluding hydrogens is 381 g/mol. The molecule has 29 heavy (non-hydrogen) atoms. The predicted molar refractivity (Wildman–Crippen MR) is 103 cm³/mol. The van der Waals surface area contributed by atoms with Gasteiger partial charge in [0, 0.05) is 11.9 Å². The number of hydrogen-bond acceptors (Lipinski definition) is 4. The van der Waals surface area contributed by atoms with Gasteiger partial charge in [0.1, 0.15) is 6.07 Å². The van der Waals surface area contributed by atoms with Crippen molar-refractivity contribution in [1.29, 1.82) is 5.26 Å². The summed E-state index contributed by atoms with van der Waals surface area (Å²) >= 11 is 0. The monoisotopic (exact) mass is 394 g/mol. The SMILES string of the molecule is Cc1c(C#N)c2nc3ccccc3n2c(=O)c1=CNc1cccc(C(F)(F)F)c1. The summed E-state index contributed by atoms with van der Waals surface area (Å²) in [6, 6.07) is 13.7. The summed E-state index contributed by atoms with van der Waals surface area (Å²) in [5.74, 6) is 0. The minimum absolute atomic E-state index is 0.174. The summed E-state index contributed by atoms with van der Waals surface area (Å²) in [6.45, 7) is 1.61. The molecule has 0 aliphatic carbocycles. The van der Waals surface area contributed by atoms with E-state index < -0.39 is 17.3 Å². The maximum absolute atomic E-state index is 13.1. The van der Waals surface area contributed by atoms with Crippen molar-refractivity contribution in [2.45, 2.75) is 13.1 Å². The van der Waals surface area contributed by atoms with Gasteiger partial charge in [-0.15, -0.1) is 0 Å². The fourth-order valence-electron chi connectivity index (χ4n) is 3.23. The summed E-state index contributed by atoms with van der Waals surface area (Å²) in [7, 11) is 0. The number of rotatable bonds is 2. The number of fused-ring (bicyclic) bond motifs is 3. The van der Waals surface area contributed by atoms with Crippen LogP contribution >= 0.6 is 0 Å². The average Bonchev–Trinajstić information content (AvgIpc) is 3.07. The molecular formula is C21H13F3N4O. The summed E-state index contributed by atoms with van der Waals surface area (Å²) in [5, 5.41) is 12.5. The number of pyridine rings is 1. The number of nitrogens with one attached hydrogen (secondary N) is 1. The molecule has 0 saturated heterocycles. The second-order valence-corrected chi connectivity index (χ2v) is 6.46. The van der Waals surface area contributed by atoms with Crippen LogP contribution in [0.3, 0.4) is 0 Å². The van der Waals surface area contributed by atoms with E-state index >= 15 is 0 Å². The zero-order chi connectivity index (χ0) is 20.8. The van der Waals surface area contributed by atoms with E-state index in [4.69, 9.17) is 0 Å². The lowest BCUT2D eigenvalue weighted by molar-refractivity contribution is -0.137. The van der Waals surface area contributed by atoms with Crippen LogP contribution in [0.4, 0.5) is 18.9 Å². The van der Waals surface area contributed by atoms with Gasteiger partial charge in [0.15, 0.2) is 5.65 Å². The fourth-order valence-corrected chi connectivity index (χ4v) is 3.23. The van der Waals surface area contributed by atoms with Crippen LogP contribution in [0.5, 0.6) is 0 Å². The van der Waals surface area contributed by atoms with Gasteiger partial charge in [-0.05, 0) is 42.8 Å². The van der Waals surface area contributed by atoms with E-state index in [1.807, 2.05) is 0 Å². The minimum Gasteiger partial charge on any atom is -0.361 e. The predicted octanol–water partition coefficient (Wildman–Crippen LogP) is 3.62. The van der Waals surface area contributed by atoms with E-state index in [0.29, 0.717) is 16.6 Å². The maximum Gasteiger partial charge on any atom is 0.416 e. The Kier molecular flexibility index (Phi) is 4.23. The molecule has 2 aromatic carbocycles. The van der Waals surface area contributed by atoms with Gasteiger partial charge in [-0.1, -0.05) is 18.2 Å². The van der Waals surface area contributed by atoms with Crippen LogP contribution in [0.1, 0.15) is 16.7 Å². The number of nitriles is 1. The van der Waals surface area contributed by atoms with E-state index in [2.05, 4.69) is 16.4 Å². The van der Waals surface area contributed by atoms with Gasteiger partial charge >= 0.3 is 6.18 Å². The molecule has 4 rings (SSSR count). The number of benzene rings is 2. The number of halogens is 3. The second kappa shape index (κ2) is 6.63. The highest BCUT2D eigenvalue weighted by molar-refractivity contribution is 5.82. The van der Waals surface area contributed by atoms with Crippen molar-refractivity contribution < 1.29 is 13.2 Å². The molecule has 5 nitrogen and oxygen atoms in total. The number of anilines is 1. The Morgan fingerprint density at radius 1 is 1.17 bits per heavy atom. The van der Waals surface area contributed by atoms with Gasteiger partial charge in [0.05, 0.1) is 27.4 Å². The molecule has 2 heterocycles. The van der Waals surface area contributed by atoms with Gasteiger partial charge < -0.3 is 5.32 Å². The molecule has 0 aliphatic heterocycles. The lowest BCUT2D eigenvalue weighted by Crippen LogP contribution is -2.34. The number of imidazole rings is 1. The molecule has 0 radical (unpaired) electrons. The lowest BCUT2D eigenvalue weighted by atomic mass is 10.1. The molecule has 2 aromatic heterocycles. The Balaban J connectivity index is 1.94. The molecule has 4 aromatic rings. The largest absolute Gasteiger partial charge is 0.416 e. The van der Waals surface area contributed by atoms with Gasteiger partial charge in [-0.3, -0.25) is 9.20 Å². The smallest absolute Gasteiger partial charge is 0.361 e. The van der Waals surface area contributed by atoms with Crippen molar-refractivity contribution in [1.82, 2.24) is 9.38 Å². The van der Waals surface area contributed by atoms with Crippen LogP contribution in [0.2, 0.25) is 0 Å². The number of nitrogens with zero attached hydrogens (tertiary/aromatic N) is 3. The zero-order valence-corrected chi connectivity index (χ0v) is 15.1. The summed E-state index contributed by atoms with van der Waals surface area (Å²) in [5.41, 5.74) is 0.979. The van der Waals surface area contributed by atoms with Crippen molar-refractivity contribution in [2.24, 2.45) is 0 Å². The van der Waals surface area contributed by atoms with Gasteiger partial charge in [-0.25, -0.2) is 4.98 Å². The third-order valence-corrected chi connectivity index (χ3v) is 4.68. The molecule has 0 unspecified atom stereocenters. The standard InChI is InChI=1S/C21H13F3N4O/c1-12-15(10-25)19-27-17-7-2-3-8-18(17)28(19)20(29)16(12)11-26-14-6-4-5-13(9-14)21(22,23)24/h2-9,11,26H,1H3. The topological polar surface area (TPSA) is 70.2 Å². The molecule has 144 valence electrons. The molecule has 0 atom stereocenters. The second-order valence-electron chi connectivity index (χ2n) is 6.46. The fraction of sp³-hybridized carbons (Fsp3) is 0.0952. The first-order valence-corrected chi connectivity index (χ1v) is 8.59. The molecule has 0 saturated carbocycles. The highest BCUT2D eigenvalue weighted by Gasteiger charge is 2.30.